The van der Waals surface area contributed by atoms with Gasteiger partial charge in [0.15, 0.2) is 0 Å². The van der Waals surface area contributed by atoms with Crippen LogP contribution in [0.15, 0.2) is 0 Å². The maximum Gasteiger partial charge on any atom is 0.133 e. The van der Waals surface area contributed by atoms with E-state index in [0.29, 0.717) is 32.9 Å². The van der Waals surface area contributed by atoms with Crippen molar-refractivity contribution in [1.29, 1.82) is 0 Å². The molecule has 1 heteroatoms. The second-order valence-electron chi connectivity index (χ2n) is 14.3. The Morgan fingerprint density at radius 1 is 0.655 bits per heavy atom. The first-order chi connectivity index (χ1) is 13.4. The lowest BCUT2D eigenvalue weighted by Crippen LogP contribution is -2.63. The molecule has 5 aliphatic rings. The van der Waals surface area contributed by atoms with Gasteiger partial charge in [-0.1, -0.05) is 41.5 Å². The predicted molar refractivity (Wildman–Crippen MR) is 121 cm³/mol. The number of rotatable bonds is 0. The Morgan fingerprint density at radius 3 is 2.14 bits per heavy atom. The van der Waals surface area contributed by atoms with E-state index >= 15 is 0 Å². The van der Waals surface area contributed by atoms with Crippen LogP contribution in [0, 0.1) is 50.7 Å². The number of hydrogen-bond donors (Lipinski definition) is 0. The zero-order valence-corrected chi connectivity index (χ0v) is 20.2. The first-order valence-electron chi connectivity index (χ1n) is 12.9. The van der Waals surface area contributed by atoms with E-state index in [1.54, 1.807) is 0 Å². The van der Waals surface area contributed by atoms with Crippen molar-refractivity contribution in [3.05, 3.63) is 0 Å². The Morgan fingerprint density at radius 2 is 1.38 bits per heavy atom. The summed E-state index contributed by atoms with van der Waals surface area (Å²) in [6, 6.07) is 0. The molecule has 5 fully saturated rings. The van der Waals surface area contributed by atoms with E-state index in [1.807, 2.05) is 0 Å². The summed E-state index contributed by atoms with van der Waals surface area (Å²) in [6.45, 7) is 15.6. The molecule has 5 rings (SSSR count). The smallest absolute Gasteiger partial charge is 0.133 e. The zero-order valence-electron chi connectivity index (χ0n) is 20.2. The first-order valence-corrected chi connectivity index (χ1v) is 12.9. The van der Waals surface area contributed by atoms with Crippen molar-refractivity contribution in [3.63, 3.8) is 0 Å². The second-order valence-corrected chi connectivity index (χ2v) is 14.3. The van der Waals surface area contributed by atoms with Gasteiger partial charge in [0.25, 0.3) is 0 Å². The summed E-state index contributed by atoms with van der Waals surface area (Å²) in [4.78, 5) is 12.3. The Bertz CT molecular complexity index is 707. The SMILES string of the molecule is CC1(C)CC[C@]2(C)CC[C@@]3(C)C(CC[C@@]4(C)[C@@H]5CCC(=O)C[C@@]5(C)CC[C@@H]43)[C@@H]2C1. The summed E-state index contributed by atoms with van der Waals surface area (Å²) < 4.78 is 0. The topological polar surface area (TPSA) is 17.1 Å². The molecule has 5 aliphatic carbocycles. The van der Waals surface area contributed by atoms with Crippen LogP contribution in [-0.2, 0) is 4.79 Å². The third-order valence-corrected chi connectivity index (χ3v) is 12.1. The molecule has 0 radical (unpaired) electrons. The lowest BCUT2D eigenvalue weighted by Gasteiger charge is -2.70. The fourth-order valence-electron chi connectivity index (χ4n) is 10.5. The lowest BCUT2D eigenvalue weighted by atomic mass is 9.34. The highest BCUT2D eigenvalue weighted by Crippen LogP contribution is 2.74. The van der Waals surface area contributed by atoms with Crippen molar-refractivity contribution in [2.75, 3.05) is 0 Å². The monoisotopic (exact) mass is 398 g/mol. The zero-order chi connectivity index (χ0) is 20.9. The first kappa shape index (κ1) is 20.6. The maximum absolute atomic E-state index is 12.3. The van der Waals surface area contributed by atoms with Gasteiger partial charge in [-0.2, -0.15) is 0 Å². The molecule has 0 aliphatic heterocycles. The molecule has 0 spiro atoms. The van der Waals surface area contributed by atoms with Crippen LogP contribution in [0.1, 0.15) is 119 Å². The molecular weight excluding hydrogens is 352 g/mol. The number of Topliss-reactive ketones (excluding diaryl/α,β-unsaturated/α-hetero) is 1. The molecule has 5 saturated carbocycles. The molecule has 0 aromatic rings. The van der Waals surface area contributed by atoms with E-state index in [1.165, 1.54) is 64.2 Å². The molecule has 1 nitrogen and oxygen atoms in total. The Kier molecular flexibility index (Phi) is 4.35. The molecule has 29 heavy (non-hydrogen) atoms. The summed E-state index contributed by atoms with van der Waals surface area (Å²) in [5.41, 5.74) is 2.44. The van der Waals surface area contributed by atoms with Crippen LogP contribution in [0.3, 0.4) is 0 Å². The number of carbonyl (C=O) groups is 1. The molecule has 0 aromatic heterocycles. The van der Waals surface area contributed by atoms with Crippen molar-refractivity contribution in [2.24, 2.45) is 50.7 Å². The average Bonchev–Trinajstić information content (AvgIpc) is 2.61. The van der Waals surface area contributed by atoms with Gasteiger partial charge in [-0.05, 0) is 115 Å². The Labute approximate surface area is 180 Å². The molecule has 0 aromatic carbocycles. The van der Waals surface area contributed by atoms with Gasteiger partial charge in [-0.3, -0.25) is 4.79 Å². The summed E-state index contributed by atoms with van der Waals surface area (Å²) in [5, 5.41) is 0. The minimum absolute atomic E-state index is 0.291. The fourth-order valence-corrected chi connectivity index (χ4v) is 10.5. The summed E-state index contributed by atoms with van der Waals surface area (Å²) in [6.07, 6.45) is 15.8. The van der Waals surface area contributed by atoms with Gasteiger partial charge < -0.3 is 0 Å². The van der Waals surface area contributed by atoms with Gasteiger partial charge in [-0.25, -0.2) is 0 Å². The van der Waals surface area contributed by atoms with Crippen LogP contribution in [0.4, 0.5) is 0 Å². The molecule has 0 heterocycles. The molecule has 0 amide bonds. The van der Waals surface area contributed by atoms with Crippen molar-refractivity contribution in [3.8, 4) is 0 Å². The number of carbonyl (C=O) groups excluding carboxylic acids is 1. The summed E-state index contributed by atoms with van der Waals surface area (Å²) >= 11 is 0. The predicted octanol–water partition coefficient (Wildman–Crippen LogP) is 7.82. The molecule has 164 valence electrons. The largest absolute Gasteiger partial charge is 0.300 e. The molecule has 8 atom stereocenters. The Balaban J connectivity index is 1.49. The van der Waals surface area contributed by atoms with Gasteiger partial charge in [0.2, 0.25) is 0 Å². The van der Waals surface area contributed by atoms with Gasteiger partial charge in [0, 0.05) is 12.8 Å². The van der Waals surface area contributed by atoms with Gasteiger partial charge in [-0.15, -0.1) is 0 Å². The number of hydrogen-bond acceptors (Lipinski definition) is 1. The molecule has 0 bridgehead atoms. The maximum atomic E-state index is 12.3. The average molecular weight is 399 g/mol. The highest BCUT2D eigenvalue weighted by Gasteiger charge is 2.66. The number of fused-ring (bicyclic) bond motifs is 7. The van der Waals surface area contributed by atoms with Gasteiger partial charge in [0.1, 0.15) is 5.78 Å². The van der Waals surface area contributed by atoms with E-state index < -0.39 is 0 Å². The normalized spacial score (nSPS) is 56.6. The summed E-state index contributed by atoms with van der Waals surface area (Å²) in [7, 11) is 0. The summed E-state index contributed by atoms with van der Waals surface area (Å²) in [5.74, 6) is 4.09. The van der Waals surface area contributed by atoms with E-state index in [-0.39, 0.29) is 0 Å². The standard InChI is InChI=1S/C28H46O/c1-24(2)13-14-25(3)15-16-27(5)20(21(25)18-24)9-12-28(6)22-8-7-19(29)17-26(22,4)11-10-23(27)28/h20-23H,7-18H2,1-6H3/t20?,21-,22+,23+,25+,26+,27-,28-/m0/s1. The Hall–Kier alpha value is -0.330. The van der Waals surface area contributed by atoms with Crippen LogP contribution in [-0.4, -0.2) is 5.78 Å². The molecular formula is C28H46O. The van der Waals surface area contributed by atoms with Crippen LogP contribution < -0.4 is 0 Å². The van der Waals surface area contributed by atoms with E-state index in [4.69, 9.17) is 0 Å². The second kappa shape index (κ2) is 6.13. The lowest BCUT2D eigenvalue weighted by molar-refractivity contribution is -0.213. The van der Waals surface area contributed by atoms with Crippen LogP contribution >= 0.6 is 0 Å². The third kappa shape index (κ3) is 2.80. The van der Waals surface area contributed by atoms with Gasteiger partial charge >= 0.3 is 0 Å². The van der Waals surface area contributed by atoms with E-state index in [0.717, 1.165) is 36.5 Å². The van der Waals surface area contributed by atoms with E-state index in [9.17, 15) is 4.79 Å². The molecule has 1 unspecified atom stereocenters. The fraction of sp³-hybridized carbons (Fsp3) is 0.964. The van der Waals surface area contributed by atoms with Crippen molar-refractivity contribution >= 4 is 5.78 Å². The van der Waals surface area contributed by atoms with Gasteiger partial charge in [0.05, 0.1) is 0 Å². The molecule has 0 saturated heterocycles. The van der Waals surface area contributed by atoms with Crippen LogP contribution in [0.5, 0.6) is 0 Å². The molecule has 0 N–H and O–H groups in total. The van der Waals surface area contributed by atoms with Crippen LogP contribution in [0.25, 0.3) is 0 Å². The van der Waals surface area contributed by atoms with Crippen molar-refractivity contribution in [2.45, 2.75) is 119 Å². The highest BCUT2D eigenvalue weighted by atomic mass is 16.1. The van der Waals surface area contributed by atoms with Crippen molar-refractivity contribution in [1.82, 2.24) is 0 Å². The van der Waals surface area contributed by atoms with Crippen LogP contribution in [0.2, 0.25) is 0 Å². The minimum atomic E-state index is 0.291. The van der Waals surface area contributed by atoms with Crippen molar-refractivity contribution < 1.29 is 4.79 Å². The van der Waals surface area contributed by atoms with E-state index in [2.05, 4.69) is 41.5 Å². The number of ketones is 1. The third-order valence-electron chi connectivity index (χ3n) is 12.1. The quantitative estimate of drug-likeness (QED) is 0.406. The highest BCUT2D eigenvalue weighted by molar-refractivity contribution is 5.80. The minimum Gasteiger partial charge on any atom is -0.300 e.